The van der Waals surface area contributed by atoms with Crippen LogP contribution in [-0.2, 0) is 9.47 Å². The summed E-state index contributed by atoms with van der Waals surface area (Å²) in [4.78, 5) is 0. The minimum atomic E-state index is -0.0300. The SMILES string of the molecule is CCCCCCOCC1(C)OC1(C)C. The van der Waals surface area contributed by atoms with E-state index in [1.165, 1.54) is 25.7 Å². The molecule has 2 nitrogen and oxygen atoms in total. The molecule has 1 aliphatic heterocycles. The van der Waals surface area contributed by atoms with Crippen molar-refractivity contribution in [3.8, 4) is 0 Å². The molecule has 0 aromatic rings. The third-order valence-corrected chi connectivity index (χ3v) is 3.23. The summed E-state index contributed by atoms with van der Waals surface area (Å²) in [6.45, 7) is 10.2. The van der Waals surface area contributed by atoms with Gasteiger partial charge in [-0.25, -0.2) is 0 Å². The van der Waals surface area contributed by atoms with Gasteiger partial charge in [0.05, 0.1) is 12.2 Å². The Labute approximate surface area is 88.0 Å². The molecule has 1 heterocycles. The van der Waals surface area contributed by atoms with E-state index in [4.69, 9.17) is 9.47 Å². The van der Waals surface area contributed by atoms with Crippen LogP contribution in [0.15, 0.2) is 0 Å². The Kier molecular flexibility index (Phi) is 3.96. The van der Waals surface area contributed by atoms with Crippen molar-refractivity contribution in [3.05, 3.63) is 0 Å². The quantitative estimate of drug-likeness (QED) is 0.465. The van der Waals surface area contributed by atoms with Crippen LogP contribution in [-0.4, -0.2) is 24.4 Å². The molecule has 0 radical (unpaired) electrons. The highest BCUT2D eigenvalue weighted by Gasteiger charge is 2.60. The lowest BCUT2D eigenvalue weighted by Crippen LogP contribution is -2.23. The van der Waals surface area contributed by atoms with E-state index in [0.717, 1.165) is 13.2 Å². The second kappa shape index (κ2) is 4.63. The van der Waals surface area contributed by atoms with Crippen LogP contribution < -0.4 is 0 Å². The van der Waals surface area contributed by atoms with Gasteiger partial charge < -0.3 is 9.47 Å². The lowest BCUT2D eigenvalue weighted by atomic mass is 9.99. The fraction of sp³-hybridized carbons (Fsp3) is 1.00. The predicted octanol–water partition coefficient (Wildman–Crippen LogP) is 3.15. The molecule has 0 saturated carbocycles. The first-order valence-electron chi connectivity index (χ1n) is 5.80. The van der Waals surface area contributed by atoms with Gasteiger partial charge in [-0.1, -0.05) is 26.2 Å². The monoisotopic (exact) mass is 200 g/mol. The van der Waals surface area contributed by atoms with Gasteiger partial charge in [0.25, 0.3) is 0 Å². The average molecular weight is 200 g/mol. The third-order valence-electron chi connectivity index (χ3n) is 3.23. The summed E-state index contributed by atoms with van der Waals surface area (Å²) in [5, 5.41) is 0. The summed E-state index contributed by atoms with van der Waals surface area (Å²) in [6.07, 6.45) is 5.08. The van der Waals surface area contributed by atoms with Crippen molar-refractivity contribution in [2.75, 3.05) is 13.2 Å². The molecule has 0 aliphatic carbocycles. The van der Waals surface area contributed by atoms with Gasteiger partial charge in [-0.15, -0.1) is 0 Å². The van der Waals surface area contributed by atoms with Crippen molar-refractivity contribution in [2.45, 2.75) is 64.6 Å². The number of hydrogen-bond acceptors (Lipinski definition) is 2. The van der Waals surface area contributed by atoms with Crippen molar-refractivity contribution in [1.82, 2.24) is 0 Å². The molecule has 84 valence electrons. The second-order valence-corrected chi connectivity index (χ2v) is 4.96. The van der Waals surface area contributed by atoms with Crippen LogP contribution in [0.3, 0.4) is 0 Å². The number of rotatable bonds is 7. The van der Waals surface area contributed by atoms with Crippen molar-refractivity contribution in [1.29, 1.82) is 0 Å². The Bertz CT molecular complexity index is 177. The van der Waals surface area contributed by atoms with Crippen molar-refractivity contribution in [3.63, 3.8) is 0 Å². The molecule has 14 heavy (non-hydrogen) atoms. The molecule has 1 rings (SSSR count). The first kappa shape index (κ1) is 12.0. The summed E-state index contributed by atoms with van der Waals surface area (Å²) in [6, 6.07) is 0. The molecule has 0 amide bonds. The Morgan fingerprint density at radius 2 is 1.71 bits per heavy atom. The van der Waals surface area contributed by atoms with E-state index in [0.29, 0.717) is 0 Å². The summed E-state index contributed by atoms with van der Waals surface area (Å²) < 4.78 is 11.2. The second-order valence-electron chi connectivity index (χ2n) is 4.96. The average Bonchev–Trinajstić information content (AvgIpc) is 2.59. The fourth-order valence-corrected chi connectivity index (χ4v) is 1.64. The lowest BCUT2D eigenvalue weighted by Gasteiger charge is -2.09. The number of unbranched alkanes of at least 4 members (excludes halogenated alkanes) is 3. The molecule has 1 unspecified atom stereocenters. The summed E-state index contributed by atoms with van der Waals surface area (Å²) >= 11 is 0. The third kappa shape index (κ3) is 2.96. The molecule has 1 fully saturated rings. The standard InChI is InChI=1S/C12H24O2/c1-5-6-7-8-9-13-10-12(4)11(2,3)14-12/h5-10H2,1-4H3. The van der Waals surface area contributed by atoms with E-state index >= 15 is 0 Å². The summed E-state index contributed by atoms with van der Waals surface area (Å²) in [7, 11) is 0. The van der Waals surface area contributed by atoms with Crippen LogP contribution >= 0.6 is 0 Å². The molecule has 0 aromatic heterocycles. The summed E-state index contributed by atoms with van der Waals surface area (Å²) in [5.41, 5.74) is -0.00578. The predicted molar refractivity (Wildman–Crippen MR) is 58.5 cm³/mol. The highest BCUT2D eigenvalue weighted by Crippen LogP contribution is 2.47. The highest BCUT2D eigenvalue weighted by atomic mass is 16.6. The van der Waals surface area contributed by atoms with Gasteiger partial charge in [-0.2, -0.15) is 0 Å². The van der Waals surface area contributed by atoms with Crippen molar-refractivity contribution < 1.29 is 9.47 Å². The molecule has 1 atom stereocenters. The van der Waals surface area contributed by atoms with Crippen LogP contribution in [0.2, 0.25) is 0 Å². The van der Waals surface area contributed by atoms with Gasteiger partial charge in [-0.3, -0.25) is 0 Å². The number of ether oxygens (including phenoxy) is 2. The maximum absolute atomic E-state index is 5.62. The Morgan fingerprint density at radius 1 is 1.07 bits per heavy atom. The Balaban J connectivity index is 1.95. The number of hydrogen-bond donors (Lipinski definition) is 0. The first-order chi connectivity index (χ1) is 6.52. The molecular weight excluding hydrogens is 176 g/mol. The van der Waals surface area contributed by atoms with E-state index < -0.39 is 0 Å². The fourth-order valence-electron chi connectivity index (χ4n) is 1.64. The van der Waals surface area contributed by atoms with Crippen LogP contribution in [0.25, 0.3) is 0 Å². The highest BCUT2D eigenvalue weighted by molar-refractivity contribution is 5.07. The maximum atomic E-state index is 5.62. The molecule has 1 saturated heterocycles. The molecular formula is C12H24O2. The number of epoxide rings is 1. The van der Waals surface area contributed by atoms with E-state index in [2.05, 4.69) is 27.7 Å². The van der Waals surface area contributed by atoms with E-state index in [1.807, 2.05) is 0 Å². The van der Waals surface area contributed by atoms with Gasteiger partial charge >= 0.3 is 0 Å². The van der Waals surface area contributed by atoms with Crippen molar-refractivity contribution >= 4 is 0 Å². The molecule has 1 aliphatic rings. The van der Waals surface area contributed by atoms with E-state index in [-0.39, 0.29) is 11.2 Å². The molecule has 0 spiro atoms. The van der Waals surface area contributed by atoms with E-state index in [1.54, 1.807) is 0 Å². The van der Waals surface area contributed by atoms with Gasteiger partial charge in [0.2, 0.25) is 0 Å². The minimum Gasteiger partial charge on any atom is -0.378 e. The lowest BCUT2D eigenvalue weighted by molar-refractivity contribution is 0.0826. The zero-order valence-corrected chi connectivity index (χ0v) is 10.1. The van der Waals surface area contributed by atoms with Crippen LogP contribution in [0.1, 0.15) is 53.4 Å². The molecule has 0 N–H and O–H groups in total. The van der Waals surface area contributed by atoms with Crippen LogP contribution in [0, 0.1) is 0 Å². The largest absolute Gasteiger partial charge is 0.378 e. The minimum absolute atomic E-state index is 0.0242. The Hall–Kier alpha value is -0.0800. The van der Waals surface area contributed by atoms with Gasteiger partial charge in [0, 0.05) is 6.61 Å². The van der Waals surface area contributed by atoms with Gasteiger partial charge in [-0.05, 0) is 27.2 Å². The van der Waals surface area contributed by atoms with Crippen LogP contribution in [0.5, 0.6) is 0 Å². The first-order valence-corrected chi connectivity index (χ1v) is 5.80. The van der Waals surface area contributed by atoms with E-state index in [9.17, 15) is 0 Å². The van der Waals surface area contributed by atoms with Crippen LogP contribution in [0.4, 0.5) is 0 Å². The summed E-state index contributed by atoms with van der Waals surface area (Å²) in [5.74, 6) is 0. The maximum Gasteiger partial charge on any atom is 0.118 e. The zero-order valence-electron chi connectivity index (χ0n) is 10.1. The normalized spacial score (nSPS) is 29.1. The van der Waals surface area contributed by atoms with Crippen molar-refractivity contribution in [2.24, 2.45) is 0 Å². The zero-order chi connectivity index (χ0) is 10.7. The molecule has 0 aromatic carbocycles. The molecule has 0 bridgehead atoms. The van der Waals surface area contributed by atoms with Gasteiger partial charge in [0.1, 0.15) is 5.60 Å². The Morgan fingerprint density at radius 3 is 2.21 bits per heavy atom. The smallest absolute Gasteiger partial charge is 0.118 e. The van der Waals surface area contributed by atoms with Gasteiger partial charge in [0.15, 0.2) is 0 Å². The molecule has 2 heteroatoms. The topological polar surface area (TPSA) is 21.8 Å².